The second kappa shape index (κ2) is 2.60. The van der Waals surface area contributed by atoms with Gasteiger partial charge in [-0.2, -0.15) is 0 Å². The molecule has 0 atom stereocenters. The van der Waals surface area contributed by atoms with Crippen LogP contribution in [0.5, 0.6) is 0 Å². The number of amides is 2. The lowest BCUT2D eigenvalue weighted by Crippen LogP contribution is -2.30. The molecule has 0 aromatic rings. The fourth-order valence-corrected chi connectivity index (χ4v) is 0.864. The highest BCUT2D eigenvalue weighted by Crippen LogP contribution is 2.09. The maximum absolute atomic E-state index is 10.7. The molecule has 10 heavy (non-hydrogen) atoms. The lowest BCUT2D eigenvalue weighted by atomic mass is 10.4. The lowest BCUT2D eigenvalue weighted by molar-refractivity contribution is -0.137. The molecule has 1 heterocycles. The van der Waals surface area contributed by atoms with Crippen molar-refractivity contribution in [3.63, 3.8) is 0 Å². The normalized spacial score (nSPS) is 18.2. The Bertz CT molecular complexity index is 171. The van der Waals surface area contributed by atoms with E-state index >= 15 is 0 Å². The third kappa shape index (κ3) is 1.05. The first-order valence-corrected chi connectivity index (χ1v) is 2.94. The quantitative estimate of drug-likeness (QED) is 0.474. The second-order valence-corrected chi connectivity index (χ2v) is 2.02. The summed E-state index contributed by atoms with van der Waals surface area (Å²) in [6.07, 6.45) is 1.98. The first-order valence-electron chi connectivity index (χ1n) is 2.94. The number of imide groups is 1. The molecule has 1 fully saturated rings. The van der Waals surface area contributed by atoms with Crippen LogP contribution >= 0.6 is 0 Å². The smallest absolute Gasteiger partial charge is 0.230 e. The molecule has 53 valence electrons. The van der Waals surface area contributed by atoms with E-state index in [0.29, 0.717) is 0 Å². The van der Waals surface area contributed by atoms with Crippen molar-refractivity contribution >= 4 is 18.1 Å². The molecule has 1 saturated heterocycles. The molecule has 0 unspecified atom stereocenters. The zero-order valence-electron chi connectivity index (χ0n) is 5.29. The third-order valence-corrected chi connectivity index (χ3v) is 1.38. The Labute approximate surface area is 57.8 Å². The molecule has 1 radical (unpaired) electrons. The fraction of sp³-hybridized carbons (Fsp3) is 0.500. The van der Waals surface area contributed by atoms with Gasteiger partial charge in [0, 0.05) is 12.8 Å². The van der Waals surface area contributed by atoms with Gasteiger partial charge in [-0.1, -0.05) is 0 Å². The van der Waals surface area contributed by atoms with E-state index in [1.807, 2.05) is 0 Å². The Hall–Kier alpha value is -1.19. The summed E-state index contributed by atoms with van der Waals surface area (Å²) in [7, 11) is 0. The Morgan fingerprint density at radius 2 is 1.80 bits per heavy atom. The Kier molecular flexibility index (Phi) is 1.80. The van der Waals surface area contributed by atoms with Gasteiger partial charge in [0.25, 0.3) is 0 Å². The van der Waals surface area contributed by atoms with Crippen LogP contribution in [0.2, 0.25) is 0 Å². The first-order chi connectivity index (χ1) is 4.75. The van der Waals surface area contributed by atoms with Crippen molar-refractivity contribution in [1.82, 2.24) is 4.90 Å². The fourth-order valence-electron chi connectivity index (χ4n) is 0.864. The zero-order valence-corrected chi connectivity index (χ0v) is 5.29. The number of rotatable bonds is 2. The van der Waals surface area contributed by atoms with Gasteiger partial charge in [0.15, 0.2) is 0 Å². The first kappa shape index (κ1) is 6.92. The predicted molar refractivity (Wildman–Crippen MR) is 31.6 cm³/mol. The summed E-state index contributed by atoms with van der Waals surface area (Å²) in [4.78, 5) is 32.1. The predicted octanol–water partition coefficient (Wildman–Crippen LogP) is -0.755. The molecule has 1 aliphatic rings. The molecule has 0 aromatic heterocycles. The standard InChI is InChI=1S/C6H6NO3/c8-4-3-7-5(9)1-2-6(7)10/h1-3H2. The minimum Gasteiger partial charge on any atom is -0.289 e. The summed E-state index contributed by atoms with van der Waals surface area (Å²) in [6.45, 7) is -0.211. The number of nitrogens with zero attached hydrogens (tertiary/aromatic N) is 1. The molecule has 0 spiro atoms. The van der Waals surface area contributed by atoms with Gasteiger partial charge in [0.05, 0.1) is 6.54 Å². The number of carbonyl (C=O) groups is 2. The van der Waals surface area contributed by atoms with Gasteiger partial charge >= 0.3 is 0 Å². The van der Waals surface area contributed by atoms with Crippen LogP contribution in [-0.2, 0) is 14.4 Å². The largest absolute Gasteiger partial charge is 0.289 e. The third-order valence-electron chi connectivity index (χ3n) is 1.38. The highest BCUT2D eigenvalue weighted by Gasteiger charge is 2.27. The minimum absolute atomic E-state index is 0.211. The Balaban J connectivity index is 2.62. The molecular formula is C6H6NO3. The molecule has 4 nitrogen and oxygen atoms in total. The second-order valence-electron chi connectivity index (χ2n) is 2.02. The minimum atomic E-state index is -0.270. The average molecular weight is 140 g/mol. The van der Waals surface area contributed by atoms with Crippen LogP contribution in [0.1, 0.15) is 12.8 Å². The van der Waals surface area contributed by atoms with Gasteiger partial charge in [-0.25, -0.2) is 0 Å². The monoisotopic (exact) mass is 140 g/mol. The molecule has 2 amide bonds. The molecule has 0 N–H and O–H groups in total. The van der Waals surface area contributed by atoms with Crippen LogP contribution in [0, 0.1) is 0 Å². The molecule has 0 saturated carbocycles. The van der Waals surface area contributed by atoms with Gasteiger partial charge in [-0.15, -0.1) is 0 Å². The average Bonchev–Trinajstić information content (AvgIpc) is 2.20. The summed E-state index contributed by atoms with van der Waals surface area (Å²) in [6, 6.07) is 0. The maximum Gasteiger partial charge on any atom is 0.230 e. The van der Waals surface area contributed by atoms with E-state index in [9.17, 15) is 14.4 Å². The summed E-state index contributed by atoms with van der Waals surface area (Å²) in [5, 5.41) is 0. The summed E-state index contributed by atoms with van der Waals surface area (Å²) in [5.74, 6) is -0.540. The van der Waals surface area contributed by atoms with Gasteiger partial charge in [-0.3, -0.25) is 19.3 Å². The topological polar surface area (TPSA) is 54.5 Å². The van der Waals surface area contributed by atoms with Gasteiger partial charge in [0.1, 0.15) is 0 Å². The van der Waals surface area contributed by atoms with Crippen molar-refractivity contribution in [2.45, 2.75) is 12.8 Å². The number of likely N-dealkylation sites (tertiary alicyclic amines) is 1. The van der Waals surface area contributed by atoms with E-state index < -0.39 is 0 Å². The van der Waals surface area contributed by atoms with Crippen molar-refractivity contribution in [3.05, 3.63) is 0 Å². The van der Waals surface area contributed by atoms with Crippen molar-refractivity contribution in [2.75, 3.05) is 6.54 Å². The molecular weight excluding hydrogens is 134 g/mol. The molecule has 0 aromatic carbocycles. The van der Waals surface area contributed by atoms with Crippen LogP contribution in [0.25, 0.3) is 0 Å². The summed E-state index contributed by atoms with van der Waals surface area (Å²) < 4.78 is 0. The molecule has 1 rings (SSSR count). The number of hydrogen-bond acceptors (Lipinski definition) is 3. The highest BCUT2D eigenvalue weighted by atomic mass is 16.2. The molecule has 1 aliphatic heterocycles. The van der Waals surface area contributed by atoms with Crippen molar-refractivity contribution < 1.29 is 14.4 Å². The number of carbonyl (C=O) groups excluding carboxylic acids is 3. The van der Waals surface area contributed by atoms with E-state index in [1.54, 1.807) is 0 Å². The SMILES string of the molecule is O=[C]CN1C(=O)CCC1=O. The number of hydrogen-bond donors (Lipinski definition) is 0. The van der Waals surface area contributed by atoms with E-state index in [-0.39, 0.29) is 31.2 Å². The van der Waals surface area contributed by atoms with Crippen LogP contribution in [0.4, 0.5) is 0 Å². The van der Waals surface area contributed by atoms with E-state index in [1.165, 1.54) is 6.29 Å². The van der Waals surface area contributed by atoms with Crippen LogP contribution in [-0.4, -0.2) is 29.5 Å². The van der Waals surface area contributed by atoms with Gasteiger partial charge in [0.2, 0.25) is 18.1 Å². The molecule has 0 aliphatic carbocycles. The molecule has 4 heteroatoms. The summed E-state index contributed by atoms with van der Waals surface area (Å²) in [5.41, 5.74) is 0. The van der Waals surface area contributed by atoms with Crippen LogP contribution < -0.4 is 0 Å². The van der Waals surface area contributed by atoms with E-state index in [0.717, 1.165) is 4.90 Å². The Morgan fingerprint density at radius 1 is 1.30 bits per heavy atom. The highest BCUT2D eigenvalue weighted by molar-refractivity contribution is 6.03. The van der Waals surface area contributed by atoms with Crippen molar-refractivity contribution in [2.24, 2.45) is 0 Å². The van der Waals surface area contributed by atoms with Crippen molar-refractivity contribution in [1.29, 1.82) is 0 Å². The molecule has 0 bridgehead atoms. The van der Waals surface area contributed by atoms with Crippen molar-refractivity contribution in [3.8, 4) is 0 Å². The Morgan fingerprint density at radius 3 is 2.20 bits per heavy atom. The summed E-state index contributed by atoms with van der Waals surface area (Å²) >= 11 is 0. The van der Waals surface area contributed by atoms with Gasteiger partial charge < -0.3 is 0 Å². The van der Waals surface area contributed by atoms with E-state index in [2.05, 4.69) is 0 Å². The zero-order chi connectivity index (χ0) is 7.56. The maximum atomic E-state index is 10.7. The van der Waals surface area contributed by atoms with E-state index in [4.69, 9.17) is 0 Å². The van der Waals surface area contributed by atoms with Crippen LogP contribution in [0.3, 0.4) is 0 Å². The lowest BCUT2D eigenvalue weighted by Gasteiger charge is -2.06. The van der Waals surface area contributed by atoms with Gasteiger partial charge in [-0.05, 0) is 0 Å². The van der Waals surface area contributed by atoms with Crippen LogP contribution in [0.15, 0.2) is 0 Å².